The Bertz CT molecular complexity index is 1530. The summed E-state index contributed by atoms with van der Waals surface area (Å²) in [6.45, 7) is 11.0. The van der Waals surface area contributed by atoms with E-state index in [1.54, 1.807) is 0 Å². The number of carbonyl (C=O) groups excluding carboxylic acids is 2. The number of benzene rings is 2. The van der Waals surface area contributed by atoms with Crippen molar-refractivity contribution >= 4 is 30.4 Å². The smallest absolute Gasteiger partial charge is 0.334 e. The zero-order valence-electron chi connectivity index (χ0n) is 36.8. The number of unbranched alkanes of at least 4 members (excludes halogenated alkanes) is 14. The van der Waals surface area contributed by atoms with Crippen molar-refractivity contribution in [3.8, 4) is 11.8 Å². The van der Waals surface area contributed by atoms with Gasteiger partial charge in [0.15, 0.2) is 0 Å². The summed E-state index contributed by atoms with van der Waals surface area (Å²) in [5.41, 5.74) is 0.712. The number of ketones is 1. The number of aliphatic hydroxyl groups is 1. The fourth-order valence-corrected chi connectivity index (χ4v) is 13.6. The van der Waals surface area contributed by atoms with Gasteiger partial charge in [0.25, 0.3) is 8.32 Å². The second kappa shape index (κ2) is 25.6. The first-order valence-corrected chi connectivity index (χ1v) is 25.0. The van der Waals surface area contributed by atoms with Crippen LogP contribution in [0.15, 0.2) is 72.3 Å². The number of hydrogen-bond acceptors (Lipinski definition) is 6. The van der Waals surface area contributed by atoms with Gasteiger partial charge in [-0.25, -0.2) is 4.79 Å². The summed E-state index contributed by atoms with van der Waals surface area (Å²) in [6.07, 6.45) is 24.0. The molecule has 0 aliphatic carbocycles. The Morgan fingerprint density at radius 2 is 1.40 bits per heavy atom. The molecule has 6 nitrogen and oxygen atoms in total. The van der Waals surface area contributed by atoms with Crippen LogP contribution in [0.5, 0.6) is 0 Å². The van der Waals surface area contributed by atoms with Crippen molar-refractivity contribution in [3.63, 3.8) is 0 Å². The normalized spacial score (nSPS) is 19.3. The average Bonchev–Trinajstić information content (AvgIpc) is 3.81. The standard InChI is InChI=1S/C51H76O6Si/c1-6-7-8-9-10-11-12-13-14-15-16-17-18-22-29-43(52)40-48(53)49-37-36-44(56-49)30-23-19-24-31-45(39-42-38-41(2)55-50(42)54)57-58(51(3,4)5,46-32-25-20-26-33-46)47-34-27-21-28-35-47/h20-21,25-28,32-35,38,41,44-45,48-49,53H,6-19,23-24,30-31,36-37,39-40H2,1-5H3/t41-,44+,45+,48-,49-/m0/s1. The molecule has 1 fully saturated rings. The van der Waals surface area contributed by atoms with E-state index in [9.17, 15) is 14.7 Å². The van der Waals surface area contributed by atoms with Crippen molar-refractivity contribution in [2.24, 2.45) is 0 Å². The maximum Gasteiger partial charge on any atom is 0.334 e. The van der Waals surface area contributed by atoms with Crippen LogP contribution in [0.1, 0.15) is 176 Å². The van der Waals surface area contributed by atoms with Crippen molar-refractivity contribution in [2.75, 3.05) is 0 Å². The third kappa shape index (κ3) is 15.5. The second-order valence-corrected chi connectivity index (χ2v) is 22.3. The van der Waals surface area contributed by atoms with E-state index in [2.05, 4.69) is 100 Å². The quantitative estimate of drug-likeness (QED) is 0.0318. The molecule has 0 unspecified atom stereocenters. The fourth-order valence-electron chi connectivity index (χ4n) is 8.91. The molecule has 0 radical (unpaired) electrons. The largest absolute Gasteiger partial charge is 0.455 e. The third-order valence-corrected chi connectivity index (χ3v) is 17.2. The predicted octanol–water partition coefficient (Wildman–Crippen LogP) is 11.1. The van der Waals surface area contributed by atoms with Crippen LogP contribution in [-0.4, -0.2) is 55.7 Å². The van der Waals surface area contributed by atoms with Gasteiger partial charge in [0.2, 0.25) is 5.78 Å². The highest BCUT2D eigenvalue weighted by molar-refractivity contribution is 6.99. The minimum atomic E-state index is -2.82. The Morgan fingerprint density at radius 3 is 1.95 bits per heavy atom. The van der Waals surface area contributed by atoms with E-state index >= 15 is 0 Å². The zero-order valence-corrected chi connectivity index (χ0v) is 37.8. The average molecular weight is 813 g/mol. The highest BCUT2D eigenvalue weighted by Gasteiger charge is 2.51. The Kier molecular flexibility index (Phi) is 21.0. The van der Waals surface area contributed by atoms with E-state index in [0.717, 1.165) is 57.8 Å². The van der Waals surface area contributed by atoms with Crippen molar-refractivity contribution in [1.29, 1.82) is 0 Å². The van der Waals surface area contributed by atoms with E-state index in [1.165, 1.54) is 81.0 Å². The van der Waals surface area contributed by atoms with Gasteiger partial charge in [-0.3, -0.25) is 4.79 Å². The molecule has 320 valence electrons. The van der Waals surface area contributed by atoms with Crippen molar-refractivity contribution in [2.45, 2.75) is 211 Å². The molecule has 2 aromatic carbocycles. The van der Waals surface area contributed by atoms with Gasteiger partial charge in [-0.15, -0.1) is 0 Å². The van der Waals surface area contributed by atoms with Gasteiger partial charge in [0.1, 0.15) is 6.10 Å². The molecular weight excluding hydrogens is 737 g/mol. The lowest BCUT2D eigenvalue weighted by Gasteiger charge is -2.45. The Morgan fingerprint density at radius 1 is 0.828 bits per heavy atom. The Balaban J connectivity index is 1.20. The van der Waals surface area contributed by atoms with E-state index in [1.807, 2.05) is 13.0 Å². The third-order valence-electron chi connectivity index (χ3n) is 12.1. The SMILES string of the molecule is CCCCCCCCCCCCCCC#CC(=O)C[C@H](O)[C@@H]1CC[C@@H](CCCCC[C@H](CC2=C[C@H](C)OC2=O)O[Si](c2ccccc2)(c2ccccc2)C(C)(C)C)O1. The molecule has 0 bridgehead atoms. The lowest BCUT2D eigenvalue weighted by atomic mass is 10.0. The number of rotatable bonds is 27. The minimum absolute atomic E-state index is 0.0400. The lowest BCUT2D eigenvalue weighted by Crippen LogP contribution is -2.67. The highest BCUT2D eigenvalue weighted by Crippen LogP contribution is 2.39. The maximum atomic E-state index is 12.8. The monoisotopic (exact) mass is 813 g/mol. The van der Waals surface area contributed by atoms with E-state index in [4.69, 9.17) is 13.9 Å². The molecular formula is C51H76O6Si. The Hall–Kier alpha value is -3.02. The van der Waals surface area contributed by atoms with Gasteiger partial charge in [-0.2, -0.15) is 0 Å². The van der Waals surface area contributed by atoms with Gasteiger partial charge in [-0.1, -0.05) is 184 Å². The second-order valence-electron chi connectivity index (χ2n) is 18.1. The van der Waals surface area contributed by atoms with Gasteiger partial charge in [-0.05, 0) is 66.4 Å². The van der Waals surface area contributed by atoms with Crippen molar-refractivity contribution in [1.82, 2.24) is 0 Å². The number of Topliss-reactive ketones (excluding diaryl/α,β-unsaturated/α-hetero) is 1. The van der Waals surface area contributed by atoms with Crippen molar-refractivity contribution in [3.05, 3.63) is 72.3 Å². The van der Waals surface area contributed by atoms with Crippen LogP contribution in [0.2, 0.25) is 5.04 Å². The summed E-state index contributed by atoms with van der Waals surface area (Å²) in [4.78, 5) is 25.4. The number of aliphatic hydroxyl groups excluding tert-OH is 1. The number of hydrogen-bond donors (Lipinski definition) is 1. The van der Waals surface area contributed by atoms with Crippen LogP contribution >= 0.6 is 0 Å². The number of esters is 1. The van der Waals surface area contributed by atoms with E-state index in [-0.39, 0.29) is 47.6 Å². The summed E-state index contributed by atoms with van der Waals surface area (Å²) < 4.78 is 19.3. The molecule has 1 N–H and O–H groups in total. The summed E-state index contributed by atoms with van der Waals surface area (Å²) in [7, 11) is -2.82. The molecule has 7 heteroatoms. The van der Waals surface area contributed by atoms with Crippen LogP contribution in [0.4, 0.5) is 0 Å². The van der Waals surface area contributed by atoms with Gasteiger partial charge in [0, 0.05) is 24.8 Å². The number of ether oxygens (including phenoxy) is 2. The highest BCUT2D eigenvalue weighted by atomic mass is 28.4. The predicted molar refractivity (Wildman–Crippen MR) is 241 cm³/mol. The van der Waals surface area contributed by atoms with Crippen LogP contribution in [-0.2, 0) is 23.5 Å². The fraction of sp³-hybridized carbons (Fsp3) is 0.647. The molecule has 1 saturated heterocycles. The first kappa shape index (κ1) is 47.7. The summed E-state index contributed by atoms with van der Waals surface area (Å²) in [5, 5.41) is 13.1. The molecule has 0 aromatic heterocycles. The Labute approximate surface area is 353 Å². The molecule has 0 spiro atoms. The van der Waals surface area contributed by atoms with Gasteiger partial charge in [0.05, 0.1) is 24.4 Å². The summed E-state index contributed by atoms with van der Waals surface area (Å²) >= 11 is 0. The van der Waals surface area contributed by atoms with E-state index in [0.29, 0.717) is 12.0 Å². The molecule has 0 saturated carbocycles. The topological polar surface area (TPSA) is 82.1 Å². The van der Waals surface area contributed by atoms with Crippen LogP contribution in [0, 0.1) is 11.8 Å². The first-order chi connectivity index (χ1) is 28.0. The maximum absolute atomic E-state index is 12.8. The first-order valence-electron chi connectivity index (χ1n) is 23.1. The molecule has 58 heavy (non-hydrogen) atoms. The van der Waals surface area contributed by atoms with Crippen molar-refractivity contribution < 1.29 is 28.6 Å². The number of carbonyl (C=O) groups is 2. The van der Waals surface area contributed by atoms with Gasteiger partial charge >= 0.3 is 5.97 Å². The molecule has 5 atom stereocenters. The summed E-state index contributed by atoms with van der Waals surface area (Å²) in [5.74, 6) is 5.40. The molecule has 4 rings (SSSR count). The zero-order chi connectivity index (χ0) is 41.6. The van der Waals surface area contributed by atoms with Crippen LogP contribution in [0.3, 0.4) is 0 Å². The van der Waals surface area contributed by atoms with Crippen LogP contribution in [0.25, 0.3) is 0 Å². The molecule has 2 aliphatic heterocycles. The molecule has 2 aromatic rings. The lowest BCUT2D eigenvalue weighted by molar-refractivity contribution is -0.139. The molecule has 2 heterocycles. The summed E-state index contributed by atoms with van der Waals surface area (Å²) in [6, 6.07) is 21.4. The molecule has 2 aliphatic rings. The molecule has 0 amide bonds. The number of cyclic esters (lactones) is 1. The minimum Gasteiger partial charge on any atom is -0.455 e. The van der Waals surface area contributed by atoms with E-state index < -0.39 is 14.4 Å². The van der Waals surface area contributed by atoms with Crippen LogP contribution < -0.4 is 10.4 Å². The van der Waals surface area contributed by atoms with Gasteiger partial charge < -0.3 is 19.0 Å².